The van der Waals surface area contributed by atoms with Crippen molar-refractivity contribution in [2.75, 3.05) is 0 Å². The van der Waals surface area contributed by atoms with Crippen LogP contribution in [0.15, 0.2) is 11.6 Å². The number of aliphatic hydroxyl groups is 5. The summed E-state index contributed by atoms with van der Waals surface area (Å²) < 4.78 is 23.4. The van der Waals surface area contributed by atoms with Crippen molar-refractivity contribution < 1.29 is 79.0 Å². The van der Waals surface area contributed by atoms with Crippen LogP contribution < -0.4 is 0 Å². The molecule has 3 unspecified atom stereocenters. The summed E-state index contributed by atoms with van der Waals surface area (Å²) in [5.41, 5.74) is -1.81. The van der Waals surface area contributed by atoms with Gasteiger partial charge in [0, 0.05) is 5.92 Å². The molecule has 19 atom stereocenters. The minimum Gasteiger partial charge on any atom is -0.481 e. The van der Waals surface area contributed by atoms with E-state index in [0.29, 0.717) is 25.7 Å². The number of hydrogen-bond donors (Lipinski definition) is 8. The predicted octanol–water partition coefficient (Wildman–Crippen LogP) is 2.25. The summed E-state index contributed by atoms with van der Waals surface area (Å²) in [5.74, 6) is -4.47. The maximum Gasteiger partial charge on any atom is 0.335 e. The molecule has 4 saturated carbocycles. The Balaban J connectivity index is 1.17. The van der Waals surface area contributed by atoms with Crippen molar-refractivity contribution in [3.05, 3.63) is 11.6 Å². The molecule has 5 aliphatic carbocycles. The van der Waals surface area contributed by atoms with Crippen LogP contribution in [-0.4, -0.2) is 132 Å². The van der Waals surface area contributed by atoms with Gasteiger partial charge in [0.15, 0.2) is 30.6 Å². The molecule has 7 aliphatic rings. The number of fused-ring (bicyclic) bond motifs is 7. The Morgan fingerprint density at radius 3 is 1.88 bits per heavy atom. The molecule has 0 amide bonds. The SMILES string of the molecule is CC1(C(=O)O)CC[C@]2(C)CC[C@]3(C)C(=CC(=O)C4[C@@]5(C)CC[C@H](O[C@@H]6O[C@H](C(=O)O)[C@@H](O)[C@H](O)[C@H]6O[C@@H]6O[C@H](C(=O)O)[C@@H](O)[C@H](O)[C@H]6O)C(C)(C)C5CC[C@]43C)[C@@H]2C1. The molecule has 2 heterocycles. The molecule has 16 nitrogen and oxygen atoms in total. The van der Waals surface area contributed by atoms with E-state index in [1.807, 2.05) is 26.8 Å². The first-order valence-electron chi connectivity index (χ1n) is 20.7. The van der Waals surface area contributed by atoms with Gasteiger partial charge >= 0.3 is 17.9 Å². The molecule has 0 bridgehead atoms. The van der Waals surface area contributed by atoms with E-state index in [0.717, 1.165) is 37.7 Å². The number of carbonyl (C=O) groups is 4. The Labute approximate surface area is 337 Å². The van der Waals surface area contributed by atoms with Crippen molar-refractivity contribution in [2.45, 2.75) is 174 Å². The number of allylic oxidation sites excluding steroid dienone is 2. The molecular weight excluding hydrogens is 760 g/mol. The van der Waals surface area contributed by atoms with Crippen LogP contribution in [0, 0.1) is 50.2 Å². The number of carbonyl (C=O) groups excluding carboxylic acids is 1. The normalized spacial score (nSPS) is 52.6. The largest absolute Gasteiger partial charge is 0.481 e. The van der Waals surface area contributed by atoms with Gasteiger partial charge in [0.2, 0.25) is 0 Å². The number of hydrogen-bond acceptors (Lipinski definition) is 13. The quantitative estimate of drug-likeness (QED) is 0.171. The average Bonchev–Trinajstić information content (AvgIpc) is 3.13. The van der Waals surface area contributed by atoms with Crippen molar-refractivity contribution in [2.24, 2.45) is 50.2 Å². The second kappa shape index (κ2) is 14.3. The zero-order valence-electron chi connectivity index (χ0n) is 34.4. The lowest BCUT2D eigenvalue weighted by atomic mass is 9.33. The van der Waals surface area contributed by atoms with Gasteiger partial charge in [-0.25, -0.2) is 9.59 Å². The molecule has 2 aliphatic heterocycles. The van der Waals surface area contributed by atoms with Crippen LogP contribution in [0.3, 0.4) is 0 Å². The Bertz CT molecular complexity index is 1730. The molecule has 0 aromatic carbocycles. The van der Waals surface area contributed by atoms with E-state index >= 15 is 0 Å². The zero-order valence-corrected chi connectivity index (χ0v) is 34.4. The highest BCUT2D eigenvalue weighted by Crippen LogP contribution is 2.75. The minimum absolute atomic E-state index is 0.0217. The Kier molecular flexibility index (Phi) is 10.7. The van der Waals surface area contributed by atoms with Gasteiger partial charge in [0.25, 0.3) is 0 Å². The number of aliphatic carboxylic acids is 3. The van der Waals surface area contributed by atoms with Crippen LogP contribution in [0.5, 0.6) is 0 Å². The predicted molar refractivity (Wildman–Crippen MR) is 199 cm³/mol. The van der Waals surface area contributed by atoms with Crippen LogP contribution in [0.4, 0.5) is 0 Å². The molecule has 16 heteroatoms. The highest BCUT2D eigenvalue weighted by Gasteiger charge is 2.71. The van der Waals surface area contributed by atoms with E-state index in [-0.39, 0.29) is 34.4 Å². The number of ether oxygens (including phenoxy) is 4. The van der Waals surface area contributed by atoms with Crippen molar-refractivity contribution in [1.82, 2.24) is 0 Å². The number of ketones is 1. The third-order valence-corrected chi connectivity index (χ3v) is 17.2. The maximum atomic E-state index is 14.8. The lowest BCUT2D eigenvalue weighted by Crippen LogP contribution is -2.68. The number of carboxylic acid groups (broad SMARTS) is 3. The first-order chi connectivity index (χ1) is 26.8. The third kappa shape index (κ3) is 6.25. The van der Waals surface area contributed by atoms with Gasteiger partial charge < -0.3 is 59.8 Å². The second-order valence-electron chi connectivity index (χ2n) is 20.6. The summed E-state index contributed by atoms with van der Waals surface area (Å²) in [6.45, 7) is 14.8. The summed E-state index contributed by atoms with van der Waals surface area (Å²) in [7, 11) is 0. The van der Waals surface area contributed by atoms with Gasteiger partial charge in [-0.05, 0) is 110 Å². The summed E-state index contributed by atoms with van der Waals surface area (Å²) in [6.07, 6.45) is -12.2. The lowest BCUT2D eigenvalue weighted by molar-refractivity contribution is -0.371. The van der Waals surface area contributed by atoms with Crippen molar-refractivity contribution >= 4 is 23.7 Å². The maximum absolute atomic E-state index is 14.8. The van der Waals surface area contributed by atoms with Gasteiger partial charge in [-0.3, -0.25) is 9.59 Å². The number of rotatable bonds is 7. The fourth-order valence-electron chi connectivity index (χ4n) is 13.4. The smallest absolute Gasteiger partial charge is 0.335 e. The molecule has 0 aromatic rings. The molecule has 6 fully saturated rings. The second-order valence-corrected chi connectivity index (χ2v) is 20.6. The van der Waals surface area contributed by atoms with Gasteiger partial charge in [-0.15, -0.1) is 0 Å². The lowest BCUT2D eigenvalue weighted by Gasteiger charge is -2.70. The van der Waals surface area contributed by atoms with E-state index in [1.165, 1.54) is 0 Å². The summed E-state index contributed by atoms with van der Waals surface area (Å²) in [5, 5.41) is 83.0. The van der Waals surface area contributed by atoms with Gasteiger partial charge in [-0.1, -0.05) is 47.1 Å². The molecular formula is C42H62O16. The van der Waals surface area contributed by atoms with Crippen molar-refractivity contribution in [3.63, 3.8) is 0 Å². The minimum atomic E-state index is -2.05. The van der Waals surface area contributed by atoms with Crippen LogP contribution in [0.25, 0.3) is 0 Å². The molecule has 58 heavy (non-hydrogen) atoms. The third-order valence-electron chi connectivity index (χ3n) is 17.2. The first kappa shape index (κ1) is 43.5. The van der Waals surface area contributed by atoms with E-state index in [4.69, 9.17) is 18.9 Å². The topological polar surface area (TPSA) is 267 Å². The summed E-state index contributed by atoms with van der Waals surface area (Å²) >= 11 is 0. The average molecular weight is 823 g/mol. The Morgan fingerprint density at radius 2 is 1.28 bits per heavy atom. The molecule has 326 valence electrons. The van der Waals surface area contributed by atoms with Crippen LogP contribution in [0.2, 0.25) is 0 Å². The van der Waals surface area contributed by atoms with Gasteiger partial charge in [0.05, 0.1) is 11.5 Å². The van der Waals surface area contributed by atoms with E-state index < -0.39 is 107 Å². The highest BCUT2D eigenvalue weighted by atomic mass is 16.8. The van der Waals surface area contributed by atoms with E-state index in [2.05, 4.69) is 27.7 Å². The molecule has 0 radical (unpaired) electrons. The van der Waals surface area contributed by atoms with Crippen molar-refractivity contribution in [3.8, 4) is 0 Å². The van der Waals surface area contributed by atoms with Crippen LogP contribution in [-0.2, 0) is 38.1 Å². The molecule has 8 N–H and O–H groups in total. The van der Waals surface area contributed by atoms with Crippen LogP contribution in [0.1, 0.15) is 106 Å². The number of aliphatic hydroxyl groups excluding tert-OH is 5. The summed E-state index contributed by atoms with van der Waals surface area (Å²) in [6, 6.07) is 0. The number of carboxylic acids is 3. The molecule has 7 rings (SSSR count). The fourth-order valence-corrected chi connectivity index (χ4v) is 13.4. The van der Waals surface area contributed by atoms with E-state index in [1.54, 1.807) is 0 Å². The highest BCUT2D eigenvalue weighted by molar-refractivity contribution is 5.95. The zero-order chi connectivity index (χ0) is 42.9. The van der Waals surface area contributed by atoms with Crippen LogP contribution >= 0.6 is 0 Å². The van der Waals surface area contributed by atoms with E-state index in [9.17, 15) is 60.0 Å². The van der Waals surface area contributed by atoms with Gasteiger partial charge in [0.1, 0.15) is 36.6 Å². The standard InChI is InChI=1S/C42H62O16/c1-37(2)21-8-11-42(7)31(20(43)16-18-19-17-39(4,36(53)54)13-12-38(19,3)14-15-41(18,42)6)40(21,5)10-9-22(37)55-35-30(26(47)25(46)29(57-35)33(51)52)58-34-27(48)23(44)24(45)28(56-34)32(49)50/h16,19,21-31,34-35,44-48H,8-15,17H2,1-7H3,(H,49,50)(H,51,52)(H,53,54)/t19-,21?,22-,23-,24-,25-,26-,27+,28-,29-,30+,31?,34-,35+,38+,39?,40-,41+,42+/m0/s1. The Morgan fingerprint density at radius 1 is 0.690 bits per heavy atom. The monoisotopic (exact) mass is 822 g/mol. The van der Waals surface area contributed by atoms with Gasteiger partial charge in [-0.2, -0.15) is 0 Å². The Hall–Kier alpha value is -2.54. The van der Waals surface area contributed by atoms with Crippen molar-refractivity contribution in [1.29, 1.82) is 0 Å². The molecule has 0 aromatic heterocycles. The summed E-state index contributed by atoms with van der Waals surface area (Å²) in [4.78, 5) is 51.3. The fraction of sp³-hybridized carbons (Fsp3) is 0.857. The molecule has 0 spiro atoms. The molecule has 2 saturated heterocycles. The first-order valence-corrected chi connectivity index (χ1v) is 20.7.